The van der Waals surface area contributed by atoms with Crippen molar-refractivity contribution in [3.8, 4) is 0 Å². The van der Waals surface area contributed by atoms with Gasteiger partial charge in [-0.05, 0) is 57.2 Å². The Kier molecular flexibility index (Phi) is 7.89. The molecule has 0 unspecified atom stereocenters. The minimum atomic E-state index is -0.513. The third-order valence-electron chi connectivity index (χ3n) is 6.44. The van der Waals surface area contributed by atoms with Crippen LogP contribution in [0.25, 0.3) is 0 Å². The fraction of sp³-hybridized carbons (Fsp3) is 0.481. The van der Waals surface area contributed by atoms with Crippen LogP contribution < -0.4 is 5.32 Å². The summed E-state index contributed by atoms with van der Waals surface area (Å²) >= 11 is 0. The number of nitrogens with one attached hydrogen (secondary N) is 1. The van der Waals surface area contributed by atoms with E-state index in [0.717, 1.165) is 47.9 Å². The van der Waals surface area contributed by atoms with E-state index >= 15 is 0 Å². The van der Waals surface area contributed by atoms with Crippen LogP contribution in [0, 0.1) is 20.8 Å². The lowest BCUT2D eigenvalue weighted by Crippen LogP contribution is -2.50. The maximum atomic E-state index is 13.4. The topological polar surface area (TPSA) is 49.4 Å². The Hall–Kier alpha value is -2.62. The normalized spacial score (nSPS) is 15.4. The summed E-state index contributed by atoms with van der Waals surface area (Å²) in [6.07, 6.45) is 5.95. The molecule has 2 aromatic rings. The molecule has 4 nitrogen and oxygen atoms in total. The SMILES string of the molecule is Cc1ccc(CN(C(=O)Cc2cc(C)ccc2C)[C@H](C)C(=O)NC2CCCCC2)cc1. The van der Waals surface area contributed by atoms with Gasteiger partial charge >= 0.3 is 0 Å². The Morgan fingerprint density at radius 1 is 0.968 bits per heavy atom. The third-order valence-corrected chi connectivity index (χ3v) is 6.44. The zero-order valence-electron chi connectivity index (χ0n) is 19.4. The molecule has 0 bridgehead atoms. The van der Waals surface area contributed by atoms with Crippen molar-refractivity contribution in [3.63, 3.8) is 0 Å². The molecule has 2 amide bonds. The molecule has 4 heteroatoms. The molecule has 1 atom stereocenters. The van der Waals surface area contributed by atoms with E-state index < -0.39 is 6.04 Å². The third kappa shape index (κ3) is 6.43. The van der Waals surface area contributed by atoms with Gasteiger partial charge in [0.05, 0.1) is 6.42 Å². The molecule has 0 saturated heterocycles. The second kappa shape index (κ2) is 10.6. The van der Waals surface area contributed by atoms with Crippen molar-refractivity contribution < 1.29 is 9.59 Å². The smallest absolute Gasteiger partial charge is 0.242 e. The standard InChI is InChI=1S/C27H36N2O2/c1-19-11-14-23(15-12-19)18-29(22(4)27(31)28-25-8-6-5-7-9-25)26(30)17-24-16-20(2)10-13-21(24)3/h10-16,22,25H,5-9,17-18H2,1-4H3,(H,28,31)/t22-/m1/s1. The highest BCUT2D eigenvalue weighted by Crippen LogP contribution is 2.19. The van der Waals surface area contributed by atoms with Crippen molar-refractivity contribution in [2.45, 2.75) is 84.8 Å². The minimum Gasteiger partial charge on any atom is -0.352 e. The zero-order chi connectivity index (χ0) is 22.4. The van der Waals surface area contributed by atoms with Crippen molar-refractivity contribution in [3.05, 3.63) is 70.3 Å². The predicted molar refractivity (Wildman–Crippen MR) is 126 cm³/mol. The molecule has 0 aliphatic heterocycles. The molecule has 1 fully saturated rings. The first-order chi connectivity index (χ1) is 14.8. The highest BCUT2D eigenvalue weighted by atomic mass is 16.2. The fourth-order valence-electron chi connectivity index (χ4n) is 4.30. The van der Waals surface area contributed by atoms with Crippen LogP contribution in [0.5, 0.6) is 0 Å². The van der Waals surface area contributed by atoms with Gasteiger partial charge in [-0.3, -0.25) is 9.59 Å². The molecule has 3 rings (SSSR count). The second-order valence-electron chi connectivity index (χ2n) is 9.13. The van der Waals surface area contributed by atoms with Gasteiger partial charge in [-0.15, -0.1) is 0 Å². The van der Waals surface area contributed by atoms with Crippen LogP contribution in [0.1, 0.15) is 66.8 Å². The van der Waals surface area contributed by atoms with Crippen LogP contribution in [-0.4, -0.2) is 28.8 Å². The summed E-state index contributed by atoms with van der Waals surface area (Å²) in [6, 6.07) is 14.1. The first kappa shape index (κ1) is 23.1. The Bertz CT molecular complexity index is 898. The number of carbonyl (C=O) groups excluding carboxylic acids is 2. The maximum absolute atomic E-state index is 13.4. The number of rotatable bonds is 7. The number of hydrogen-bond acceptors (Lipinski definition) is 2. The Labute approximate surface area is 187 Å². The van der Waals surface area contributed by atoms with Gasteiger partial charge in [0.15, 0.2) is 0 Å². The second-order valence-corrected chi connectivity index (χ2v) is 9.13. The quantitative estimate of drug-likeness (QED) is 0.684. The van der Waals surface area contributed by atoms with Gasteiger partial charge in [0, 0.05) is 12.6 Å². The van der Waals surface area contributed by atoms with Gasteiger partial charge in [-0.1, -0.05) is 72.9 Å². The molecule has 1 aliphatic rings. The van der Waals surface area contributed by atoms with E-state index in [0.29, 0.717) is 13.0 Å². The summed E-state index contributed by atoms with van der Waals surface area (Å²) < 4.78 is 0. The number of hydrogen-bond donors (Lipinski definition) is 1. The van der Waals surface area contributed by atoms with E-state index in [-0.39, 0.29) is 17.9 Å². The number of amides is 2. The van der Waals surface area contributed by atoms with Crippen LogP contribution in [-0.2, 0) is 22.6 Å². The highest BCUT2D eigenvalue weighted by Gasteiger charge is 2.28. The van der Waals surface area contributed by atoms with Gasteiger partial charge in [-0.25, -0.2) is 0 Å². The van der Waals surface area contributed by atoms with Crippen LogP contribution in [0.2, 0.25) is 0 Å². The van der Waals surface area contributed by atoms with Crippen LogP contribution in [0.3, 0.4) is 0 Å². The molecule has 166 valence electrons. The first-order valence-electron chi connectivity index (χ1n) is 11.5. The van der Waals surface area contributed by atoms with Crippen LogP contribution in [0.4, 0.5) is 0 Å². The van der Waals surface area contributed by atoms with Crippen molar-refractivity contribution in [2.75, 3.05) is 0 Å². The summed E-state index contributed by atoms with van der Waals surface area (Å²) in [5.74, 6) is -0.0612. The summed E-state index contributed by atoms with van der Waals surface area (Å²) in [5, 5.41) is 3.20. The minimum absolute atomic E-state index is 0.0134. The average Bonchev–Trinajstić information content (AvgIpc) is 2.76. The molecule has 1 saturated carbocycles. The average molecular weight is 421 g/mol. The molecular weight excluding hydrogens is 384 g/mol. The van der Waals surface area contributed by atoms with E-state index in [1.54, 1.807) is 4.90 Å². The van der Waals surface area contributed by atoms with E-state index in [1.807, 2.05) is 39.8 Å². The monoisotopic (exact) mass is 420 g/mol. The van der Waals surface area contributed by atoms with Crippen LogP contribution >= 0.6 is 0 Å². The molecule has 1 N–H and O–H groups in total. The molecule has 0 spiro atoms. The zero-order valence-corrected chi connectivity index (χ0v) is 19.4. The van der Waals surface area contributed by atoms with Crippen LogP contribution in [0.15, 0.2) is 42.5 Å². The molecule has 31 heavy (non-hydrogen) atoms. The van der Waals surface area contributed by atoms with E-state index in [4.69, 9.17) is 0 Å². The number of carbonyl (C=O) groups is 2. The lowest BCUT2D eigenvalue weighted by atomic mass is 9.95. The Morgan fingerprint density at radius 2 is 1.61 bits per heavy atom. The number of nitrogens with zero attached hydrogens (tertiary/aromatic N) is 1. The van der Waals surface area contributed by atoms with Gasteiger partial charge in [0.25, 0.3) is 0 Å². The van der Waals surface area contributed by atoms with Crippen molar-refractivity contribution in [2.24, 2.45) is 0 Å². The largest absolute Gasteiger partial charge is 0.352 e. The van der Waals surface area contributed by atoms with E-state index in [2.05, 4.69) is 35.6 Å². The van der Waals surface area contributed by atoms with Crippen molar-refractivity contribution >= 4 is 11.8 Å². The molecule has 0 radical (unpaired) electrons. The summed E-state index contributed by atoms with van der Waals surface area (Å²) in [7, 11) is 0. The predicted octanol–water partition coefficient (Wildman–Crippen LogP) is 5.02. The molecule has 1 aliphatic carbocycles. The number of benzene rings is 2. The molecule has 2 aromatic carbocycles. The summed E-state index contributed by atoms with van der Waals surface area (Å²) in [6.45, 7) is 8.41. The lowest BCUT2D eigenvalue weighted by molar-refractivity contribution is -0.140. The van der Waals surface area contributed by atoms with Gasteiger partial charge in [0.1, 0.15) is 6.04 Å². The highest BCUT2D eigenvalue weighted by molar-refractivity contribution is 5.88. The van der Waals surface area contributed by atoms with E-state index in [9.17, 15) is 9.59 Å². The van der Waals surface area contributed by atoms with Crippen molar-refractivity contribution in [1.82, 2.24) is 10.2 Å². The van der Waals surface area contributed by atoms with Gasteiger partial charge < -0.3 is 10.2 Å². The Morgan fingerprint density at radius 3 is 2.29 bits per heavy atom. The van der Waals surface area contributed by atoms with E-state index in [1.165, 1.54) is 12.0 Å². The van der Waals surface area contributed by atoms with Gasteiger partial charge in [-0.2, -0.15) is 0 Å². The van der Waals surface area contributed by atoms with Crippen molar-refractivity contribution in [1.29, 1.82) is 0 Å². The van der Waals surface area contributed by atoms with Gasteiger partial charge in [0.2, 0.25) is 11.8 Å². The Balaban J connectivity index is 1.78. The lowest BCUT2D eigenvalue weighted by Gasteiger charge is -2.31. The summed E-state index contributed by atoms with van der Waals surface area (Å²) in [5.41, 5.74) is 5.49. The summed E-state index contributed by atoms with van der Waals surface area (Å²) in [4.78, 5) is 28.2. The molecule has 0 heterocycles. The maximum Gasteiger partial charge on any atom is 0.242 e. The molecule has 0 aromatic heterocycles. The number of aryl methyl sites for hydroxylation is 3. The molecular formula is C27H36N2O2. The fourth-order valence-corrected chi connectivity index (χ4v) is 4.30. The first-order valence-corrected chi connectivity index (χ1v) is 11.5.